The number of nitrogens with zero attached hydrogens (tertiary/aromatic N) is 2. The quantitative estimate of drug-likeness (QED) is 0.159. The Hall–Kier alpha value is -2.23. The third-order valence-electron chi connectivity index (χ3n) is 9.67. The Bertz CT molecular complexity index is 1930. The van der Waals surface area contributed by atoms with Crippen molar-refractivity contribution in [3.8, 4) is 0 Å². The van der Waals surface area contributed by atoms with Crippen LogP contribution in [-0.4, -0.2) is 33.0 Å². The molecule has 2 nitrogen and oxygen atoms in total. The fourth-order valence-electron chi connectivity index (χ4n) is 8.07. The van der Waals surface area contributed by atoms with E-state index in [4.69, 9.17) is 0 Å². The Kier molecular flexibility index (Phi) is 7.92. The minimum absolute atomic E-state index is 0.245. The molecule has 8 bridgehead atoms. The Morgan fingerprint density at radius 3 is 1.33 bits per heavy atom. The fraction of sp³-hybridized carbons (Fsp3) is 0.150. The van der Waals surface area contributed by atoms with Crippen molar-refractivity contribution in [2.75, 3.05) is 28.2 Å². The molecule has 5 aromatic carbocycles. The second-order valence-electron chi connectivity index (χ2n) is 13.4. The molecule has 2 aliphatic carbocycles. The summed E-state index contributed by atoms with van der Waals surface area (Å²) in [5, 5.41) is 4.27. The monoisotopic (exact) mass is 822 g/mol. The van der Waals surface area contributed by atoms with Gasteiger partial charge in [0.05, 0.1) is 0 Å². The first-order valence-electron chi connectivity index (χ1n) is 15.7. The van der Waals surface area contributed by atoms with E-state index in [2.05, 4.69) is 187 Å². The summed E-state index contributed by atoms with van der Waals surface area (Å²) in [5.41, 5.74) is 11.3. The van der Waals surface area contributed by atoms with E-state index in [0.29, 0.717) is 0 Å². The molecule has 46 heavy (non-hydrogen) atoms. The van der Waals surface area contributed by atoms with Crippen LogP contribution >= 0.6 is 39.8 Å². The topological polar surface area (TPSA) is 0 Å². The zero-order chi connectivity index (χ0) is 31.8. The number of rotatable bonds is 3. The normalized spacial score (nSPS) is 21.8. The van der Waals surface area contributed by atoms with Crippen molar-refractivity contribution in [3.05, 3.63) is 158 Å². The molecule has 5 aromatic rings. The molecule has 0 amide bonds. The van der Waals surface area contributed by atoms with Crippen LogP contribution in [0.2, 0.25) is 0 Å². The molecule has 1 heterocycles. The molecule has 3 aliphatic rings. The Morgan fingerprint density at radius 2 is 0.913 bits per heavy atom. The van der Waals surface area contributed by atoms with Crippen molar-refractivity contribution in [2.24, 2.45) is 0 Å². The van der Waals surface area contributed by atoms with E-state index in [1.54, 1.807) is 0 Å². The number of hydrogen-bond acceptors (Lipinski definition) is 0. The first-order valence-corrected chi connectivity index (χ1v) is 20.8. The van der Waals surface area contributed by atoms with E-state index in [9.17, 15) is 0 Å². The van der Waals surface area contributed by atoms with Crippen molar-refractivity contribution >= 4 is 79.0 Å². The molecule has 0 aromatic heterocycles. The molecule has 0 N–H and O–H groups in total. The van der Waals surface area contributed by atoms with E-state index < -0.39 is 31.7 Å². The van der Waals surface area contributed by atoms with Crippen molar-refractivity contribution < 1.29 is 28.7 Å². The SMILES string of the molecule is C[N+]1(C)[Zr][N+](C)(C)C2C(c3ccccc3)=Cc3c(ccc(Br)c32)P(c2ccccc2)c2ccc(Br)c3c2C=C(c2ccccc2)C31. The third kappa shape index (κ3) is 5.01. The van der Waals surface area contributed by atoms with E-state index in [1.807, 2.05) is 0 Å². The van der Waals surface area contributed by atoms with Gasteiger partial charge in [-0.25, -0.2) is 0 Å². The molecule has 1 aliphatic heterocycles. The maximum absolute atomic E-state index is 4.12. The average Bonchev–Trinajstić information content (AvgIpc) is 3.67. The van der Waals surface area contributed by atoms with Crippen LogP contribution in [0.15, 0.2) is 124 Å². The predicted molar refractivity (Wildman–Crippen MR) is 199 cm³/mol. The summed E-state index contributed by atoms with van der Waals surface area (Å²) in [6.45, 7) is 0. The van der Waals surface area contributed by atoms with Crippen molar-refractivity contribution in [3.63, 3.8) is 0 Å². The van der Waals surface area contributed by atoms with E-state index in [0.717, 1.165) is 4.85 Å². The molecule has 2 atom stereocenters. The zero-order valence-electron chi connectivity index (χ0n) is 26.4. The number of hydrogen-bond donors (Lipinski definition) is 0. The van der Waals surface area contributed by atoms with Gasteiger partial charge in [-0.3, -0.25) is 0 Å². The molecule has 0 saturated heterocycles. The Morgan fingerprint density at radius 1 is 0.522 bits per heavy atom. The van der Waals surface area contributed by atoms with Gasteiger partial charge < -0.3 is 0 Å². The van der Waals surface area contributed by atoms with Crippen molar-refractivity contribution in [1.82, 2.24) is 0 Å². The van der Waals surface area contributed by atoms with Crippen LogP contribution in [0, 0.1) is 0 Å². The summed E-state index contributed by atoms with van der Waals surface area (Å²) in [6, 6.07) is 43.5. The van der Waals surface area contributed by atoms with Crippen LogP contribution in [0.1, 0.15) is 45.5 Å². The third-order valence-corrected chi connectivity index (χ3v) is 17.4. The van der Waals surface area contributed by atoms with E-state index >= 15 is 0 Å². The zero-order valence-corrected chi connectivity index (χ0v) is 32.9. The molecule has 0 fully saturated rings. The van der Waals surface area contributed by atoms with Gasteiger partial charge in [-0.05, 0) is 0 Å². The predicted octanol–water partition coefficient (Wildman–Crippen LogP) is 9.24. The molecule has 6 heteroatoms. The van der Waals surface area contributed by atoms with Gasteiger partial charge in [0, 0.05) is 0 Å². The summed E-state index contributed by atoms with van der Waals surface area (Å²) in [5.74, 6) is 0. The molecule has 8 rings (SSSR count). The first-order chi connectivity index (χ1) is 22.2. The van der Waals surface area contributed by atoms with Gasteiger partial charge in [-0.2, -0.15) is 0 Å². The number of benzene rings is 5. The Balaban J connectivity index is 1.51. The molecular formula is C40H35Br2N2PZr+2. The van der Waals surface area contributed by atoms with Gasteiger partial charge in [0.25, 0.3) is 0 Å². The average molecular weight is 826 g/mol. The summed E-state index contributed by atoms with van der Waals surface area (Å²) in [6.07, 6.45) is 5.11. The Labute approximate surface area is 303 Å². The minimum atomic E-state index is -1.28. The molecule has 0 radical (unpaired) electrons. The second kappa shape index (κ2) is 11.7. The van der Waals surface area contributed by atoms with Crippen LogP contribution < -0.4 is 15.9 Å². The number of likely N-dealkylation sites (N-methyl/N-ethyl adjacent to an activating group) is 2. The standard InChI is InChI=1S/C40H35Br2N2P.Zr/c1-43(2)39-29(26-14-8-5-9-15-26)24-31-35(22-20-33(41)37(31)39)45(28-18-12-7-13-19-28)36-23-21-34(42)38-32(36)25-30(40(38)44(3)4)27-16-10-6-11-17-27;/h5-25,39-40H,1-4H3;/q;+2. The summed E-state index contributed by atoms with van der Waals surface area (Å²) in [4.78, 5) is 0. The summed E-state index contributed by atoms with van der Waals surface area (Å²) in [7, 11) is 9.19. The molecule has 226 valence electrons. The van der Waals surface area contributed by atoms with Gasteiger partial charge in [0.2, 0.25) is 0 Å². The van der Waals surface area contributed by atoms with Gasteiger partial charge >= 0.3 is 306 Å². The fourth-order valence-corrected chi connectivity index (χ4v) is 16.9. The first kappa shape index (κ1) is 31.1. The number of halogens is 2. The van der Waals surface area contributed by atoms with Crippen LogP contribution in [-0.2, 0) is 23.8 Å². The maximum atomic E-state index is 4.12. The second-order valence-corrected chi connectivity index (χ2v) is 23.4. The van der Waals surface area contributed by atoms with Crippen molar-refractivity contribution in [1.29, 1.82) is 0 Å². The van der Waals surface area contributed by atoms with Crippen LogP contribution in [0.25, 0.3) is 23.3 Å². The van der Waals surface area contributed by atoms with Gasteiger partial charge in [-0.1, -0.05) is 0 Å². The van der Waals surface area contributed by atoms with Gasteiger partial charge in [0.15, 0.2) is 0 Å². The molecule has 2 unspecified atom stereocenters. The van der Waals surface area contributed by atoms with Crippen LogP contribution in [0.4, 0.5) is 0 Å². The van der Waals surface area contributed by atoms with Crippen molar-refractivity contribution in [2.45, 2.75) is 12.1 Å². The molecule has 0 saturated carbocycles. The molecule has 0 spiro atoms. The number of quaternary nitrogens is 2. The summed E-state index contributed by atoms with van der Waals surface area (Å²) >= 11 is 6.95. The van der Waals surface area contributed by atoms with Crippen LogP contribution in [0.5, 0.6) is 0 Å². The van der Waals surface area contributed by atoms with E-state index in [1.165, 1.54) is 69.4 Å². The summed E-state index contributed by atoms with van der Waals surface area (Å²) < 4.78 is 4.42. The van der Waals surface area contributed by atoms with Crippen LogP contribution in [0.3, 0.4) is 0 Å². The van der Waals surface area contributed by atoms with Gasteiger partial charge in [0.1, 0.15) is 0 Å². The van der Waals surface area contributed by atoms with E-state index in [-0.39, 0.29) is 12.1 Å². The molecular weight excluding hydrogens is 790 g/mol. The van der Waals surface area contributed by atoms with Gasteiger partial charge in [-0.15, -0.1) is 0 Å².